The fraction of sp³-hybridized carbons (Fsp3) is 0.432. The molecule has 0 atom stereocenters. The van der Waals surface area contributed by atoms with E-state index in [9.17, 15) is 0 Å². The van der Waals surface area contributed by atoms with Gasteiger partial charge in [-0.2, -0.15) is 20.4 Å². The van der Waals surface area contributed by atoms with E-state index in [1.165, 1.54) is 46.6 Å². The van der Waals surface area contributed by atoms with Gasteiger partial charge in [0.15, 0.2) is 0 Å². The molecule has 9 aromatic heterocycles. The van der Waals surface area contributed by atoms with Gasteiger partial charge in [-0.05, 0) is 128 Å². The van der Waals surface area contributed by atoms with Crippen LogP contribution in [0.2, 0.25) is 0 Å². The molecule has 0 amide bonds. The van der Waals surface area contributed by atoms with Gasteiger partial charge in [-0.25, -0.2) is 19.9 Å². The van der Waals surface area contributed by atoms with Crippen molar-refractivity contribution in [3.05, 3.63) is 251 Å². The van der Waals surface area contributed by atoms with Crippen LogP contribution in [0.1, 0.15) is 220 Å². The number of fused-ring (bicyclic) bond motifs is 2. The molecule has 0 aliphatic heterocycles. The summed E-state index contributed by atoms with van der Waals surface area (Å²) in [6.07, 6.45) is 23.7. The third-order valence-corrected chi connectivity index (χ3v) is 10.5. The summed E-state index contributed by atoms with van der Waals surface area (Å²) in [5.74, 6) is 3.15. The first-order chi connectivity index (χ1) is 48.2. The van der Waals surface area contributed by atoms with Crippen LogP contribution >= 0.6 is 11.3 Å². The van der Waals surface area contributed by atoms with Gasteiger partial charge in [0.05, 0.1) is 39.8 Å². The highest BCUT2D eigenvalue weighted by Gasteiger charge is 2.12. The Morgan fingerprint density at radius 2 is 0.859 bits per heavy atom. The van der Waals surface area contributed by atoms with E-state index >= 15 is 0 Å². The normalized spacial score (nSPS) is 8.69. The van der Waals surface area contributed by atoms with Gasteiger partial charge in [0, 0.05) is 97.2 Å². The van der Waals surface area contributed by atoms with Crippen LogP contribution < -0.4 is 0 Å². The molecule has 1 aliphatic carbocycles. The van der Waals surface area contributed by atoms with Crippen LogP contribution in [-0.2, 0) is 0 Å². The SMILES string of the molecule is CC.CC.CC.CC.CC.CC.CC.CC.CC.CC.CC1CC1.Cc1ccc2[nH]ncc2c1.Cc1ccc2cn[nH]c2c1.Cc1ccccc1.Cc1ccccn1.Cc1cccnn1.Cc1ccncn1.Cc1cnccn1.Cc1ncccn1.Cc1nccs1.Cc1nnc(C)o1. The van der Waals surface area contributed by atoms with Crippen LogP contribution in [0, 0.1) is 82.1 Å². The van der Waals surface area contributed by atoms with E-state index in [0.29, 0.717) is 11.8 Å². The minimum Gasteiger partial charge on any atom is -0.426 e. The molecule has 12 aromatic rings. The molecule has 1 aliphatic rings. The molecule has 9 heterocycles. The van der Waals surface area contributed by atoms with Crippen molar-refractivity contribution in [3.8, 4) is 0 Å². The third-order valence-electron chi connectivity index (χ3n) is 9.82. The molecule has 1 fully saturated rings. The summed E-state index contributed by atoms with van der Waals surface area (Å²) in [5.41, 5.74) is 10.1. The zero-order valence-electron chi connectivity index (χ0n) is 67.5. The van der Waals surface area contributed by atoms with Crippen molar-refractivity contribution >= 4 is 33.1 Å². The van der Waals surface area contributed by atoms with Crippen molar-refractivity contribution in [1.29, 1.82) is 0 Å². The summed E-state index contributed by atoms with van der Waals surface area (Å²) in [4.78, 5) is 31.0. The topological polar surface area (TPSA) is 225 Å². The molecule has 0 bridgehead atoms. The number of rotatable bonds is 0. The van der Waals surface area contributed by atoms with Crippen molar-refractivity contribution in [1.82, 2.24) is 80.7 Å². The lowest BCUT2D eigenvalue weighted by molar-refractivity contribution is 0.489. The average Bonchev–Trinajstić information content (AvgIpc) is 1.76. The maximum Gasteiger partial charge on any atom is 0.213 e. The smallest absolute Gasteiger partial charge is 0.213 e. The van der Waals surface area contributed by atoms with Crippen LogP contribution in [0.25, 0.3) is 21.8 Å². The molecule has 17 nitrogen and oxygen atoms in total. The number of nitrogens with one attached hydrogen (secondary N) is 2. The van der Waals surface area contributed by atoms with Crippen LogP contribution in [0.4, 0.5) is 0 Å². The molecule has 18 heteroatoms. The maximum absolute atomic E-state index is 4.86. The number of H-pyrrole nitrogens is 2. The molecule has 0 unspecified atom stereocenters. The molecular formula is C81H134N16OS. The molecule has 3 aromatic carbocycles. The second kappa shape index (κ2) is 84.9. The first-order valence-corrected chi connectivity index (χ1v) is 36.3. The summed E-state index contributed by atoms with van der Waals surface area (Å²) in [5, 5.41) is 33.7. The Bertz CT molecular complexity index is 2930. The Morgan fingerprint density at radius 3 is 1.17 bits per heavy atom. The van der Waals surface area contributed by atoms with Gasteiger partial charge in [0.2, 0.25) is 11.8 Å². The molecule has 99 heavy (non-hydrogen) atoms. The van der Waals surface area contributed by atoms with Gasteiger partial charge in [-0.3, -0.25) is 30.1 Å². The molecule has 2 N–H and O–H groups in total. The fourth-order valence-corrected chi connectivity index (χ4v) is 5.88. The van der Waals surface area contributed by atoms with E-state index in [1.54, 1.807) is 87.0 Å². The van der Waals surface area contributed by atoms with E-state index in [1.807, 2.05) is 258 Å². The van der Waals surface area contributed by atoms with Crippen LogP contribution in [0.3, 0.4) is 0 Å². The predicted molar refractivity (Wildman–Crippen MR) is 431 cm³/mol. The van der Waals surface area contributed by atoms with Gasteiger partial charge < -0.3 is 4.42 Å². The predicted octanol–water partition coefficient (Wildman–Crippen LogP) is 24.1. The standard InChI is InChI=1S/2C8H8N2.C7H8.C6H7N.4C5H6N2.C4H6N2O.C4H5NS.C4H8.10C2H6/c1-6-2-3-8-7(4-6)5-9-10-8;1-6-2-3-7-5-9-10-8(7)4-6;1-7-5-3-2-4-6-7;1-6-4-2-3-5-7-6;1-5-4-6-2-3-7-5;1-5-2-3-6-4-7-5;1-5-6-3-2-4-7-5;1-5-3-2-4-6-7-5;1-3-5-6-4(2)7-3;1-4-5-2-3-6-4;1-4-2-3-4;10*1-2/h2*2-5H,1H3,(H,9,10);2-6H,1H3;2-5H,1H3;4*2-4H,1H3;1-2H3;2-3H,1H3;4H,2-3H2,1H3;10*1-2H3. The van der Waals surface area contributed by atoms with Gasteiger partial charge in [0.25, 0.3) is 0 Å². The highest BCUT2D eigenvalue weighted by molar-refractivity contribution is 7.09. The Morgan fingerprint density at radius 1 is 0.364 bits per heavy atom. The van der Waals surface area contributed by atoms with Gasteiger partial charge in [-0.15, -0.1) is 21.5 Å². The molecule has 0 spiro atoms. The minimum atomic E-state index is 0.623. The molecule has 0 saturated heterocycles. The van der Waals surface area contributed by atoms with E-state index in [4.69, 9.17) is 4.42 Å². The molecule has 13 rings (SSSR count). The van der Waals surface area contributed by atoms with Crippen molar-refractivity contribution in [2.45, 2.75) is 234 Å². The second-order valence-electron chi connectivity index (χ2n) is 17.5. The van der Waals surface area contributed by atoms with E-state index in [-0.39, 0.29) is 0 Å². The highest BCUT2D eigenvalue weighted by atomic mass is 32.1. The van der Waals surface area contributed by atoms with Gasteiger partial charge in [-0.1, -0.05) is 224 Å². The summed E-state index contributed by atoms with van der Waals surface area (Å²) in [6, 6.07) is 36.0. The molecule has 0 radical (unpaired) electrons. The number of nitrogens with zero attached hydrogens (tertiary/aromatic N) is 14. The summed E-state index contributed by atoms with van der Waals surface area (Å²) >= 11 is 1.67. The number of aryl methyl sites for hydroxylation is 11. The zero-order chi connectivity index (χ0) is 77.3. The number of aromatic nitrogens is 16. The number of pyridine rings is 1. The van der Waals surface area contributed by atoms with Crippen molar-refractivity contribution in [3.63, 3.8) is 0 Å². The summed E-state index contributed by atoms with van der Waals surface area (Å²) < 4.78 is 4.86. The van der Waals surface area contributed by atoms with Crippen LogP contribution in [0.5, 0.6) is 0 Å². The highest BCUT2D eigenvalue weighted by Crippen LogP contribution is 2.26. The monoisotopic (exact) mass is 1380 g/mol. The Hall–Kier alpha value is -9.16. The Kier molecular flexibility index (Phi) is 90.8. The third kappa shape index (κ3) is 72.9. The van der Waals surface area contributed by atoms with Crippen LogP contribution in [0.15, 0.2) is 193 Å². The lowest BCUT2D eigenvalue weighted by Crippen LogP contribution is -1.80. The Balaban J connectivity index is -0.000000150. The number of hydrogen-bond donors (Lipinski definition) is 2. The van der Waals surface area contributed by atoms with E-state index < -0.39 is 0 Å². The lowest BCUT2D eigenvalue weighted by Gasteiger charge is -1.89. The first kappa shape index (κ1) is 106. The average molecular weight is 1380 g/mol. The minimum absolute atomic E-state index is 0.623. The zero-order valence-corrected chi connectivity index (χ0v) is 68.3. The van der Waals surface area contributed by atoms with Crippen molar-refractivity contribution in [2.75, 3.05) is 0 Å². The second-order valence-corrected chi connectivity index (χ2v) is 18.6. The van der Waals surface area contributed by atoms with E-state index in [0.717, 1.165) is 50.6 Å². The number of aromatic amines is 2. The maximum atomic E-state index is 4.86. The quantitative estimate of drug-likeness (QED) is 0.144. The Labute approximate surface area is 606 Å². The van der Waals surface area contributed by atoms with Gasteiger partial charge >= 0.3 is 0 Å². The number of benzene rings is 3. The summed E-state index contributed by atoms with van der Waals surface area (Å²) in [7, 11) is 0. The van der Waals surface area contributed by atoms with Crippen molar-refractivity contribution in [2.24, 2.45) is 5.92 Å². The number of hydrogen-bond acceptors (Lipinski definition) is 16. The largest absolute Gasteiger partial charge is 0.426 e. The van der Waals surface area contributed by atoms with E-state index in [2.05, 4.69) is 151 Å². The van der Waals surface area contributed by atoms with Crippen LogP contribution in [-0.4, -0.2) is 80.7 Å². The van der Waals surface area contributed by atoms with Crippen molar-refractivity contribution < 1.29 is 4.42 Å². The first-order valence-electron chi connectivity index (χ1n) is 35.4. The number of thiazole rings is 1. The summed E-state index contributed by atoms with van der Waals surface area (Å²) in [6.45, 7) is 63.6. The fourth-order valence-electron chi connectivity index (χ4n) is 5.43. The molecule has 1 saturated carbocycles. The molecule has 550 valence electrons. The van der Waals surface area contributed by atoms with Gasteiger partial charge in [0.1, 0.15) is 12.2 Å². The lowest BCUT2D eigenvalue weighted by atomic mass is 10.2. The molecular weight excluding hydrogens is 1250 g/mol.